The van der Waals surface area contributed by atoms with Crippen LogP contribution >= 0.6 is 0 Å². The molecule has 1 aliphatic rings. The van der Waals surface area contributed by atoms with Crippen LogP contribution in [-0.4, -0.2) is 49.6 Å². The normalized spacial score (nSPS) is 24.8. The average Bonchev–Trinajstić information content (AvgIpc) is 2.31. The van der Waals surface area contributed by atoms with Gasteiger partial charge in [-0.05, 0) is 26.6 Å². The van der Waals surface area contributed by atoms with Gasteiger partial charge in [0.15, 0.2) is 0 Å². The van der Waals surface area contributed by atoms with Crippen molar-refractivity contribution in [2.24, 2.45) is 5.73 Å². The lowest BCUT2D eigenvalue weighted by atomic mass is 9.96. The third kappa shape index (κ3) is 2.86. The second-order valence-electron chi connectivity index (χ2n) is 5.25. The van der Waals surface area contributed by atoms with Crippen LogP contribution in [0.5, 0.6) is 0 Å². The van der Waals surface area contributed by atoms with E-state index in [9.17, 15) is 0 Å². The zero-order valence-corrected chi connectivity index (χ0v) is 11.1. The first-order valence-corrected chi connectivity index (χ1v) is 6.29. The first-order valence-electron chi connectivity index (χ1n) is 6.29. The molecule has 2 rings (SSSR count). The van der Waals surface area contributed by atoms with Gasteiger partial charge in [0, 0.05) is 31.7 Å². The fourth-order valence-corrected chi connectivity index (χ4v) is 2.53. The van der Waals surface area contributed by atoms with Crippen LogP contribution in [0.2, 0.25) is 0 Å². The zero-order chi connectivity index (χ0) is 12.4. The highest BCUT2D eigenvalue weighted by atomic mass is 15.3. The van der Waals surface area contributed by atoms with Gasteiger partial charge in [-0.15, -0.1) is 0 Å². The van der Waals surface area contributed by atoms with Crippen molar-refractivity contribution in [1.82, 2.24) is 9.80 Å². The summed E-state index contributed by atoms with van der Waals surface area (Å²) in [6.45, 7) is 5.40. The van der Waals surface area contributed by atoms with E-state index in [0.717, 1.165) is 19.6 Å². The molecule has 0 aromatic heterocycles. The standard InChI is InChI=1S/C14H23N3/c1-11-5-4-6-12(9-11)14(15)13-10-16(2)7-8-17(13)3/h4-6,9,13-14H,7-8,10,15H2,1-3H3. The molecule has 0 radical (unpaired) electrons. The van der Waals surface area contributed by atoms with Crippen LogP contribution in [0.4, 0.5) is 0 Å². The minimum Gasteiger partial charge on any atom is -0.323 e. The summed E-state index contributed by atoms with van der Waals surface area (Å²) >= 11 is 0. The molecule has 0 saturated carbocycles. The highest BCUT2D eigenvalue weighted by Crippen LogP contribution is 2.21. The second kappa shape index (κ2) is 5.17. The Morgan fingerprint density at radius 1 is 1.29 bits per heavy atom. The summed E-state index contributed by atoms with van der Waals surface area (Å²) in [4.78, 5) is 4.74. The lowest BCUT2D eigenvalue weighted by Gasteiger charge is -2.40. The van der Waals surface area contributed by atoms with Gasteiger partial charge in [0.25, 0.3) is 0 Å². The smallest absolute Gasteiger partial charge is 0.0465 e. The number of rotatable bonds is 2. The van der Waals surface area contributed by atoms with E-state index in [-0.39, 0.29) is 6.04 Å². The summed E-state index contributed by atoms with van der Waals surface area (Å²) in [5.74, 6) is 0. The summed E-state index contributed by atoms with van der Waals surface area (Å²) in [5, 5.41) is 0. The number of hydrogen-bond donors (Lipinski definition) is 1. The Morgan fingerprint density at radius 2 is 2.06 bits per heavy atom. The Labute approximate surface area is 104 Å². The van der Waals surface area contributed by atoms with Gasteiger partial charge in [0.2, 0.25) is 0 Å². The maximum Gasteiger partial charge on any atom is 0.0465 e. The van der Waals surface area contributed by atoms with Gasteiger partial charge in [-0.25, -0.2) is 0 Å². The van der Waals surface area contributed by atoms with Crippen LogP contribution in [0.3, 0.4) is 0 Å². The van der Waals surface area contributed by atoms with E-state index in [1.165, 1.54) is 11.1 Å². The molecule has 17 heavy (non-hydrogen) atoms. The predicted octanol–water partition coefficient (Wildman–Crippen LogP) is 1.24. The lowest BCUT2D eigenvalue weighted by Crippen LogP contribution is -2.54. The van der Waals surface area contributed by atoms with Crippen LogP contribution in [0, 0.1) is 6.92 Å². The highest BCUT2D eigenvalue weighted by Gasteiger charge is 2.28. The maximum absolute atomic E-state index is 6.42. The predicted molar refractivity (Wildman–Crippen MR) is 72.0 cm³/mol. The van der Waals surface area contributed by atoms with Crippen LogP contribution in [-0.2, 0) is 0 Å². The molecule has 2 atom stereocenters. The molecule has 3 heteroatoms. The van der Waals surface area contributed by atoms with Crippen molar-refractivity contribution in [2.45, 2.75) is 19.0 Å². The number of likely N-dealkylation sites (N-methyl/N-ethyl adjacent to an activating group) is 2. The zero-order valence-electron chi connectivity index (χ0n) is 11.1. The Kier molecular flexibility index (Phi) is 3.82. The minimum absolute atomic E-state index is 0.0997. The monoisotopic (exact) mass is 233 g/mol. The fourth-order valence-electron chi connectivity index (χ4n) is 2.53. The van der Waals surface area contributed by atoms with Crippen LogP contribution in [0.1, 0.15) is 17.2 Å². The van der Waals surface area contributed by atoms with E-state index in [4.69, 9.17) is 5.73 Å². The summed E-state index contributed by atoms with van der Waals surface area (Å²) < 4.78 is 0. The van der Waals surface area contributed by atoms with Gasteiger partial charge in [0.05, 0.1) is 0 Å². The molecular weight excluding hydrogens is 210 g/mol. The molecule has 0 aliphatic carbocycles. The number of aryl methyl sites for hydroxylation is 1. The third-order valence-electron chi connectivity index (χ3n) is 3.74. The van der Waals surface area contributed by atoms with Crippen LogP contribution in [0.25, 0.3) is 0 Å². The van der Waals surface area contributed by atoms with Gasteiger partial charge in [-0.2, -0.15) is 0 Å². The molecule has 0 spiro atoms. The van der Waals surface area contributed by atoms with E-state index in [0.29, 0.717) is 6.04 Å². The number of piperazine rings is 1. The highest BCUT2D eigenvalue weighted by molar-refractivity contribution is 5.26. The van der Waals surface area contributed by atoms with Gasteiger partial charge < -0.3 is 10.6 Å². The molecule has 1 heterocycles. The summed E-state index contributed by atoms with van der Waals surface area (Å²) in [5.41, 5.74) is 8.95. The van der Waals surface area contributed by atoms with Crippen molar-refractivity contribution in [3.8, 4) is 0 Å². The van der Waals surface area contributed by atoms with Crippen molar-refractivity contribution >= 4 is 0 Å². The Hall–Kier alpha value is -0.900. The van der Waals surface area contributed by atoms with Gasteiger partial charge in [-0.1, -0.05) is 29.8 Å². The topological polar surface area (TPSA) is 32.5 Å². The largest absolute Gasteiger partial charge is 0.323 e. The Bertz CT molecular complexity index is 377. The lowest BCUT2D eigenvalue weighted by molar-refractivity contribution is 0.0974. The summed E-state index contributed by atoms with van der Waals surface area (Å²) in [6, 6.07) is 9.07. The number of benzene rings is 1. The molecule has 0 bridgehead atoms. The molecule has 0 amide bonds. The number of hydrogen-bond acceptors (Lipinski definition) is 3. The SMILES string of the molecule is Cc1cccc(C(N)C2CN(C)CCN2C)c1. The molecule has 2 N–H and O–H groups in total. The fraction of sp³-hybridized carbons (Fsp3) is 0.571. The van der Waals surface area contributed by atoms with Gasteiger partial charge in [0.1, 0.15) is 0 Å². The second-order valence-corrected chi connectivity index (χ2v) is 5.25. The van der Waals surface area contributed by atoms with E-state index >= 15 is 0 Å². The first kappa shape index (κ1) is 12.6. The van der Waals surface area contributed by atoms with Gasteiger partial charge in [-0.3, -0.25) is 4.90 Å². The Balaban J connectivity index is 2.15. The molecule has 94 valence electrons. The number of nitrogens with zero attached hydrogens (tertiary/aromatic N) is 2. The minimum atomic E-state index is 0.0997. The van der Waals surface area contributed by atoms with E-state index < -0.39 is 0 Å². The molecular formula is C14H23N3. The van der Waals surface area contributed by atoms with Crippen molar-refractivity contribution in [1.29, 1.82) is 0 Å². The number of nitrogens with two attached hydrogens (primary N) is 1. The molecule has 1 saturated heterocycles. The first-order chi connectivity index (χ1) is 8.08. The molecule has 1 aromatic carbocycles. The molecule has 3 nitrogen and oxygen atoms in total. The summed E-state index contributed by atoms with van der Waals surface area (Å²) in [7, 11) is 4.34. The average molecular weight is 233 g/mol. The van der Waals surface area contributed by atoms with Crippen LogP contribution in [0.15, 0.2) is 24.3 Å². The molecule has 1 fully saturated rings. The maximum atomic E-state index is 6.42. The van der Waals surface area contributed by atoms with E-state index in [1.54, 1.807) is 0 Å². The van der Waals surface area contributed by atoms with Gasteiger partial charge >= 0.3 is 0 Å². The van der Waals surface area contributed by atoms with Crippen molar-refractivity contribution in [3.05, 3.63) is 35.4 Å². The van der Waals surface area contributed by atoms with E-state index in [2.05, 4.69) is 55.1 Å². The van der Waals surface area contributed by atoms with Crippen molar-refractivity contribution in [2.75, 3.05) is 33.7 Å². The third-order valence-corrected chi connectivity index (χ3v) is 3.74. The summed E-state index contributed by atoms with van der Waals surface area (Å²) in [6.07, 6.45) is 0. The quantitative estimate of drug-likeness (QED) is 0.834. The van der Waals surface area contributed by atoms with E-state index in [1.807, 2.05) is 0 Å². The van der Waals surface area contributed by atoms with Crippen LogP contribution < -0.4 is 5.73 Å². The van der Waals surface area contributed by atoms with Crippen molar-refractivity contribution < 1.29 is 0 Å². The molecule has 1 aromatic rings. The molecule has 2 unspecified atom stereocenters. The van der Waals surface area contributed by atoms with Crippen molar-refractivity contribution in [3.63, 3.8) is 0 Å². The Morgan fingerprint density at radius 3 is 2.76 bits per heavy atom. The molecule has 1 aliphatic heterocycles.